The number of carbonyl (C=O) groups is 1. The molecule has 2 rings (SSSR count). The third-order valence-electron chi connectivity index (χ3n) is 4.97. The largest absolute Gasteiger partial charge is 0.381 e. The standard InChI is InChI=1S/C24H35N3O3S/c1-17(2)27(18(3)4)23(28)20-9-8-10-22(15-20)25-16-19-11-13-21(14-12-19)26-31(29,30)24(5,6)7/h8-15,17-18,25-26H,16H2,1-7H3. The van der Waals surface area contributed by atoms with Crippen LogP contribution < -0.4 is 10.0 Å². The van der Waals surface area contributed by atoms with Crippen LogP contribution in [0.25, 0.3) is 0 Å². The summed E-state index contributed by atoms with van der Waals surface area (Å²) in [6.07, 6.45) is 0. The van der Waals surface area contributed by atoms with Crippen molar-refractivity contribution in [3.8, 4) is 0 Å². The van der Waals surface area contributed by atoms with Crippen LogP contribution in [0.4, 0.5) is 11.4 Å². The van der Waals surface area contributed by atoms with Crippen LogP contribution in [0, 0.1) is 0 Å². The Morgan fingerprint density at radius 1 is 0.935 bits per heavy atom. The second kappa shape index (κ2) is 9.73. The Morgan fingerprint density at radius 2 is 1.52 bits per heavy atom. The Balaban J connectivity index is 2.06. The Bertz CT molecular complexity index is 983. The van der Waals surface area contributed by atoms with Crippen LogP contribution in [0.2, 0.25) is 0 Å². The molecule has 170 valence electrons. The van der Waals surface area contributed by atoms with Gasteiger partial charge in [0.2, 0.25) is 10.0 Å². The number of amides is 1. The average molecular weight is 446 g/mol. The van der Waals surface area contributed by atoms with Gasteiger partial charge in [0.25, 0.3) is 5.91 Å². The van der Waals surface area contributed by atoms with Gasteiger partial charge in [0, 0.05) is 35.6 Å². The molecule has 0 fully saturated rings. The molecule has 2 aromatic carbocycles. The van der Waals surface area contributed by atoms with E-state index in [9.17, 15) is 13.2 Å². The normalized spacial score (nSPS) is 12.2. The number of carbonyl (C=O) groups excluding carboxylic acids is 1. The molecule has 2 N–H and O–H groups in total. The molecule has 1 amide bonds. The molecule has 0 aromatic heterocycles. The second-order valence-corrected chi connectivity index (χ2v) is 11.7. The number of hydrogen-bond acceptors (Lipinski definition) is 4. The van der Waals surface area contributed by atoms with Crippen LogP contribution in [-0.4, -0.2) is 36.1 Å². The van der Waals surface area contributed by atoms with E-state index in [4.69, 9.17) is 0 Å². The lowest BCUT2D eigenvalue weighted by molar-refractivity contribution is 0.0643. The van der Waals surface area contributed by atoms with E-state index in [1.54, 1.807) is 32.9 Å². The van der Waals surface area contributed by atoms with Gasteiger partial charge in [-0.05, 0) is 84.4 Å². The molecule has 0 aliphatic carbocycles. The van der Waals surface area contributed by atoms with Crippen LogP contribution in [0.3, 0.4) is 0 Å². The maximum Gasteiger partial charge on any atom is 0.254 e. The van der Waals surface area contributed by atoms with Gasteiger partial charge in [-0.2, -0.15) is 0 Å². The van der Waals surface area contributed by atoms with Crippen molar-refractivity contribution in [1.82, 2.24) is 4.90 Å². The molecule has 2 aromatic rings. The van der Waals surface area contributed by atoms with E-state index in [0.717, 1.165) is 11.3 Å². The lowest BCUT2D eigenvalue weighted by Crippen LogP contribution is -2.42. The first kappa shape index (κ1) is 24.7. The third-order valence-corrected chi connectivity index (χ3v) is 7.08. The number of nitrogens with zero attached hydrogens (tertiary/aromatic N) is 1. The molecule has 0 aliphatic heterocycles. The van der Waals surface area contributed by atoms with E-state index in [-0.39, 0.29) is 18.0 Å². The van der Waals surface area contributed by atoms with Crippen molar-refractivity contribution in [1.29, 1.82) is 0 Å². The van der Waals surface area contributed by atoms with Crippen molar-refractivity contribution in [3.63, 3.8) is 0 Å². The molecule has 6 nitrogen and oxygen atoms in total. The fourth-order valence-corrected chi connectivity index (χ4v) is 3.93. The highest BCUT2D eigenvalue weighted by Gasteiger charge is 2.28. The highest BCUT2D eigenvalue weighted by Crippen LogP contribution is 2.21. The molecule has 0 spiro atoms. The molecular formula is C24H35N3O3S. The summed E-state index contributed by atoms with van der Waals surface area (Å²) in [4.78, 5) is 14.8. The maximum atomic E-state index is 12.9. The molecule has 0 saturated heterocycles. The molecule has 0 bridgehead atoms. The van der Waals surface area contributed by atoms with Crippen LogP contribution in [-0.2, 0) is 16.6 Å². The van der Waals surface area contributed by atoms with Gasteiger partial charge in [0.05, 0.1) is 4.75 Å². The Labute approximate surface area is 187 Å². The lowest BCUT2D eigenvalue weighted by atomic mass is 10.1. The summed E-state index contributed by atoms with van der Waals surface area (Å²) >= 11 is 0. The molecular weight excluding hydrogens is 410 g/mol. The van der Waals surface area contributed by atoms with Gasteiger partial charge in [-0.3, -0.25) is 9.52 Å². The number of benzene rings is 2. The van der Waals surface area contributed by atoms with Crippen LogP contribution >= 0.6 is 0 Å². The van der Waals surface area contributed by atoms with Gasteiger partial charge < -0.3 is 10.2 Å². The summed E-state index contributed by atoms with van der Waals surface area (Å²) in [6.45, 7) is 13.6. The molecule has 7 heteroatoms. The smallest absolute Gasteiger partial charge is 0.254 e. The van der Waals surface area contributed by atoms with Crippen molar-refractivity contribution >= 4 is 27.3 Å². The maximum absolute atomic E-state index is 12.9. The van der Waals surface area contributed by atoms with E-state index in [2.05, 4.69) is 10.0 Å². The van der Waals surface area contributed by atoms with Gasteiger partial charge in [-0.1, -0.05) is 18.2 Å². The highest BCUT2D eigenvalue weighted by molar-refractivity contribution is 7.94. The highest BCUT2D eigenvalue weighted by atomic mass is 32.2. The first-order valence-corrected chi connectivity index (χ1v) is 12.1. The fourth-order valence-electron chi connectivity index (χ4n) is 3.18. The summed E-state index contributed by atoms with van der Waals surface area (Å²) in [5.74, 6) is 0.0177. The van der Waals surface area contributed by atoms with Crippen molar-refractivity contribution in [2.24, 2.45) is 0 Å². The molecule has 0 unspecified atom stereocenters. The summed E-state index contributed by atoms with van der Waals surface area (Å²) in [5.41, 5.74) is 3.05. The number of rotatable bonds is 8. The van der Waals surface area contributed by atoms with E-state index >= 15 is 0 Å². The molecule has 31 heavy (non-hydrogen) atoms. The van der Waals surface area contributed by atoms with Crippen LogP contribution in [0.5, 0.6) is 0 Å². The molecule has 0 heterocycles. The summed E-state index contributed by atoms with van der Waals surface area (Å²) in [5, 5.41) is 3.34. The minimum absolute atomic E-state index is 0.0177. The number of hydrogen-bond donors (Lipinski definition) is 2. The topological polar surface area (TPSA) is 78.5 Å². The molecule has 0 atom stereocenters. The lowest BCUT2D eigenvalue weighted by Gasteiger charge is -2.31. The van der Waals surface area contributed by atoms with Crippen molar-refractivity contribution in [2.75, 3.05) is 10.0 Å². The summed E-state index contributed by atoms with van der Waals surface area (Å²) in [6, 6.07) is 15.0. The van der Waals surface area contributed by atoms with E-state index in [1.807, 2.05) is 69.0 Å². The van der Waals surface area contributed by atoms with Gasteiger partial charge in [0.15, 0.2) is 0 Å². The van der Waals surface area contributed by atoms with Gasteiger partial charge in [0.1, 0.15) is 0 Å². The first-order chi connectivity index (χ1) is 14.3. The zero-order valence-corrected chi connectivity index (χ0v) is 20.4. The SMILES string of the molecule is CC(C)N(C(=O)c1cccc(NCc2ccc(NS(=O)(=O)C(C)(C)C)cc2)c1)C(C)C. The minimum atomic E-state index is -3.45. The number of nitrogens with one attached hydrogen (secondary N) is 2. The zero-order chi connectivity index (χ0) is 23.4. The quantitative estimate of drug-likeness (QED) is 0.593. The summed E-state index contributed by atoms with van der Waals surface area (Å²) < 4.78 is 26.3. The van der Waals surface area contributed by atoms with Crippen molar-refractivity contribution in [2.45, 2.75) is 71.8 Å². The van der Waals surface area contributed by atoms with E-state index < -0.39 is 14.8 Å². The van der Waals surface area contributed by atoms with Gasteiger partial charge in [-0.15, -0.1) is 0 Å². The first-order valence-electron chi connectivity index (χ1n) is 10.6. The Kier molecular flexibility index (Phi) is 7.76. The average Bonchev–Trinajstić information content (AvgIpc) is 2.66. The summed E-state index contributed by atoms with van der Waals surface area (Å²) in [7, 11) is -3.45. The molecule has 0 saturated carbocycles. The Morgan fingerprint density at radius 3 is 2.03 bits per heavy atom. The molecule has 0 aliphatic rings. The monoisotopic (exact) mass is 445 g/mol. The second-order valence-electron chi connectivity index (χ2n) is 9.25. The Hall–Kier alpha value is -2.54. The predicted molar refractivity (Wildman–Crippen MR) is 129 cm³/mol. The number of anilines is 2. The zero-order valence-electron chi connectivity index (χ0n) is 19.6. The van der Waals surface area contributed by atoms with Crippen LogP contribution in [0.1, 0.15) is 64.4 Å². The van der Waals surface area contributed by atoms with Crippen LogP contribution in [0.15, 0.2) is 48.5 Å². The van der Waals surface area contributed by atoms with Crippen molar-refractivity contribution < 1.29 is 13.2 Å². The fraction of sp³-hybridized carbons (Fsp3) is 0.458. The predicted octanol–water partition coefficient (Wildman–Crippen LogP) is 5.10. The molecule has 0 radical (unpaired) electrons. The van der Waals surface area contributed by atoms with Crippen molar-refractivity contribution in [3.05, 3.63) is 59.7 Å². The minimum Gasteiger partial charge on any atom is -0.381 e. The van der Waals surface area contributed by atoms with E-state index in [1.165, 1.54) is 0 Å². The van der Waals surface area contributed by atoms with E-state index in [0.29, 0.717) is 17.8 Å². The van der Waals surface area contributed by atoms with Gasteiger partial charge in [-0.25, -0.2) is 8.42 Å². The number of sulfonamides is 1. The van der Waals surface area contributed by atoms with Gasteiger partial charge >= 0.3 is 0 Å². The third kappa shape index (κ3) is 6.47.